The van der Waals surface area contributed by atoms with Crippen molar-refractivity contribution in [1.82, 2.24) is 14.7 Å². The maximum absolute atomic E-state index is 11.9. The Morgan fingerprint density at radius 1 is 1.50 bits per heavy atom. The molecule has 108 valence electrons. The zero-order chi connectivity index (χ0) is 13.9. The summed E-state index contributed by atoms with van der Waals surface area (Å²) in [5.41, 5.74) is 0.790. The SMILES string of the molecule is O=C(Cc1cn2ccsc2n1)NCC1CCCCC1O. The van der Waals surface area contributed by atoms with Gasteiger partial charge in [0.2, 0.25) is 5.91 Å². The number of hydrogen-bond donors (Lipinski definition) is 2. The second kappa shape index (κ2) is 5.93. The maximum atomic E-state index is 11.9. The Hall–Kier alpha value is -1.40. The lowest BCUT2D eigenvalue weighted by molar-refractivity contribution is -0.120. The van der Waals surface area contributed by atoms with Crippen molar-refractivity contribution in [3.8, 4) is 0 Å². The summed E-state index contributed by atoms with van der Waals surface area (Å²) in [6, 6.07) is 0. The highest BCUT2D eigenvalue weighted by Crippen LogP contribution is 2.23. The number of fused-ring (bicyclic) bond motifs is 1. The summed E-state index contributed by atoms with van der Waals surface area (Å²) >= 11 is 1.56. The number of amides is 1. The number of thiazole rings is 1. The minimum Gasteiger partial charge on any atom is -0.393 e. The summed E-state index contributed by atoms with van der Waals surface area (Å²) in [6.45, 7) is 0.572. The largest absolute Gasteiger partial charge is 0.393 e. The molecule has 2 heterocycles. The van der Waals surface area contributed by atoms with Crippen molar-refractivity contribution < 1.29 is 9.90 Å². The lowest BCUT2D eigenvalue weighted by Gasteiger charge is -2.27. The number of aliphatic hydroxyl groups excluding tert-OH is 1. The van der Waals surface area contributed by atoms with Crippen molar-refractivity contribution in [2.24, 2.45) is 5.92 Å². The molecule has 1 saturated carbocycles. The van der Waals surface area contributed by atoms with Gasteiger partial charge in [0.15, 0.2) is 4.96 Å². The van der Waals surface area contributed by atoms with E-state index in [1.54, 1.807) is 11.3 Å². The highest BCUT2D eigenvalue weighted by Gasteiger charge is 2.23. The molecule has 5 nitrogen and oxygen atoms in total. The van der Waals surface area contributed by atoms with Gasteiger partial charge in [0.25, 0.3) is 0 Å². The Kier molecular flexibility index (Phi) is 4.03. The number of aliphatic hydroxyl groups is 1. The van der Waals surface area contributed by atoms with Gasteiger partial charge in [-0.1, -0.05) is 12.8 Å². The fraction of sp³-hybridized carbons (Fsp3) is 0.571. The van der Waals surface area contributed by atoms with Crippen molar-refractivity contribution >= 4 is 22.2 Å². The summed E-state index contributed by atoms with van der Waals surface area (Å²) in [4.78, 5) is 17.2. The fourth-order valence-corrected chi connectivity index (χ4v) is 3.48. The summed E-state index contributed by atoms with van der Waals surface area (Å²) in [5, 5.41) is 14.8. The van der Waals surface area contributed by atoms with Gasteiger partial charge in [-0.3, -0.25) is 9.20 Å². The average Bonchev–Trinajstić information content (AvgIpc) is 2.98. The van der Waals surface area contributed by atoms with Gasteiger partial charge in [-0.25, -0.2) is 4.98 Å². The fourth-order valence-electron chi connectivity index (χ4n) is 2.76. The van der Waals surface area contributed by atoms with Crippen LogP contribution >= 0.6 is 11.3 Å². The molecular weight excluding hydrogens is 274 g/mol. The first-order valence-electron chi connectivity index (χ1n) is 7.08. The molecule has 0 spiro atoms. The van der Waals surface area contributed by atoms with Crippen molar-refractivity contribution in [2.75, 3.05) is 6.54 Å². The minimum atomic E-state index is -0.262. The first-order valence-corrected chi connectivity index (χ1v) is 7.96. The van der Waals surface area contributed by atoms with Gasteiger partial charge in [0, 0.05) is 30.2 Å². The van der Waals surface area contributed by atoms with E-state index in [-0.39, 0.29) is 17.9 Å². The Bertz CT molecular complexity index is 564. The maximum Gasteiger partial charge on any atom is 0.226 e. The Balaban J connectivity index is 1.50. The second-order valence-corrected chi connectivity index (χ2v) is 6.29. The third kappa shape index (κ3) is 3.02. The molecule has 6 heteroatoms. The number of imidazole rings is 1. The van der Waals surface area contributed by atoms with Crippen LogP contribution in [0, 0.1) is 5.92 Å². The Labute approximate surface area is 121 Å². The molecule has 0 radical (unpaired) electrons. The van der Waals surface area contributed by atoms with Gasteiger partial charge in [0.1, 0.15) is 0 Å². The molecule has 2 N–H and O–H groups in total. The molecule has 1 fully saturated rings. The molecule has 20 heavy (non-hydrogen) atoms. The number of hydrogen-bond acceptors (Lipinski definition) is 4. The van der Waals surface area contributed by atoms with Gasteiger partial charge in [0.05, 0.1) is 18.2 Å². The molecule has 0 saturated heterocycles. The third-order valence-corrected chi connectivity index (χ3v) is 4.69. The highest BCUT2D eigenvalue weighted by atomic mass is 32.1. The van der Waals surface area contributed by atoms with Crippen molar-refractivity contribution in [1.29, 1.82) is 0 Å². The van der Waals surface area contributed by atoms with Crippen LogP contribution in [0.15, 0.2) is 17.8 Å². The van der Waals surface area contributed by atoms with Crippen LogP contribution in [0.5, 0.6) is 0 Å². The number of aromatic nitrogens is 2. The minimum absolute atomic E-state index is 0.0199. The van der Waals surface area contributed by atoms with Crippen molar-refractivity contribution in [3.63, 3.8) is 0 Å². The Morgan fingerprint density at radius 3 is 3.15 bits per heavy atom. The molecule has 2 aromatic rings. The molecule has 3 rings (SSSR count). The van der Waals surface area contributed by atoms with Gasteiger partial charge in [-0.2, -0.15) is 0 Å². The van der Waals surface area contributed by atoms with Crippen LogP contribution in [0.3, 0.4) is 0 Å². The zero-order valence-electron chi connectivity index (χ0n) is 11.3. The zero-order valence-corrected chi connectivity index (χ0v) is 12.1. The molecule has 1 aliphatic rings. The molecule has 2 atom stereocenters. The van der Waals surface area contributed by atoms with Gasteiger partial charge < -0.3 is 10.4 Å². The molecule has 0 aromatic carbocycles. The van der Waals surface area contributed by atoms with Crippen LogP contribution in [0.4, 0.5) is 0 Å². The predicted octanol–water partition coefficient (Wildman–Crippen LogP) is 1.61. The molecular formula is C14H19N3O2S. The van der Waals surface area contributed by atoms with Gasteiger partial charge in [-0.15, -0.1) is 11.3 Å². The quantitative estimate of drug-likeness (QED) is 0.900. The van der Waals surface area contributed by atoms with E-state index >= 15 is 0 Å². The molecule has 2 unspecified atom stereocenters. The van der Waals surface area contributed by atoms with E-state index in [4.69, 9.17) is 0 Å². The van der Waals surface area contributed by atoms with Crippen molar-refractivity contribution in [3.05, 3.63) is 23.5 Å². The number of rotatable bonds is 4. The van der Waals surface area contributed by atoms with E-state index in [0.717, 1.165) is 36.3 Å². The number of carbonyl (C=O) groups excluding carboxylic acids is 1. The molecule has 1 amide bonds. The first kappa shape index (κ1) is 13.6. The summed E-state index contributed by atoms with van der Waals surface area (Å²) in [7, 11) is 0. The molecule has 2 aromatic heterocycles. The van der Waals surface area contributed by atoms with Crippen LogP contribution in [-0.4, -0.2) is 33.0 Å². The number of nitrogens with one attached hydrogen (secondary N) is 1. The second-order valence-electron chi connectivity index (χ2n) is 5.42. The first-order chi connectivity index (χ1) is 9.72. The monoisotopic (exact) mass is 293 g/mol. The van der Waals surface area contributed by atoms with E-state index in [9.17, 15) is 9.90 Å². The average molecular weight is 293 g/mol. The van der Waals surface area contributed by atoms with Crippen LogP contribution < -0.4 is 5.32 Å². The summed E-state index contributed by atoms with van der Waals surface area (Å²) in [5.74, 6) is 0.187. The standard InChI is InChI=1S/C14H19N3O2S/c18-12-4-2-1-3-10(12)8-15-13(19)7-11-9-17-5-6-20-14(17)16-11/h5-6,9-10,12,18H,1-4,7-8H2,(H,15,19). The summed E-state index contributed by atoms with van der Waals surface area (Å²) in [6.07, 6.45) is 7.97. The van der Waals surface area contributed by atoms with Crippen LogP contribution in [0.2, 0.25) is 0 Å². The number of nitrogens with zero attached hydrogens (tertiary/aromatic N) is 2. The predicted molar refractivity (Wildman–Crippen MR) is 77.7 cm³/mol. The number of carbonyl (C=O) groups is 1. The van der Waals surface area contributed by atoms with E-state index < -0.39 is 0 Å². The summed E-state index contributed by atoms with van der Waals surface area (Å²) < 4.78 is 1.93. The van der Waals surface area contributed by atoms with E-state index in [0.29, 0.717) is 13.0 Å². The molecule has 0 aliphatic heterocycles. The van der Waals surface area contributed by atoms with Gasteiger partial charge >= 0.3 is 0 Å². The third-order valence-electron chi connectivity index (χ3n) is 3.92. The normalized spacial score (nSPS) is 23.1. The van der Waals surface area contributed by atoms with E-state index in [1.165, 1.54) is 0 Å². The van der Waals surface area contributed by atoms with E-state index in [1.807, 2.05) is 22.2 Å². The van der Waals surface area contributed by atoms with Crippen LogP contribution in [0.1, 0.15) is 31.4 Å². The van der Waals surface area contributed by atoms with Crippen LogP contribution in [-0.2, 0) is 11.2 Å². The van der Waals surface area contributed by atoms with Crippen molar-refractivity contribution in [2.45, 2.75) is 38.2 Å². The molecule has 1 aliphatic carbocycles. The highest BCUT2D eigenvalue weighted by molar-refractivity contribution is 7.15. The topological polar surface area (TPSA) is 66.6 Å². The van der Waals surface area contributed by atoms with Crippen LogP contribution in [0.25, 0.3) is 4.96 Å². The Morgan fingerprint density at radius 2 is 2.35 bits per heavy atom. The molecule has 0 bridgehead atoms. The lowest BCUT2D eigenvalue weighted by atomic mass is 9.86. The lowest BCUT2D eigenvalue weighted by Crippen LogP contribution is -2.37. The van der Waals surface area contributed by atoms with Gasteiger partial charge in [-0.05, 0) is 12.8 Å². The van der Waals surface area contributed by atoms with E-state index in [2.05, 4.69) is 10.3 Å². The smallest absolute Gasteiger partial charge is 0.226 e.